The zero-order chi connectivity index (χ0) is 18.6. The van der Waals surface area contributed by atoms with Gasteiger partial charge in [-0.05, 0) is 61.7 Å². The number of ether oxygens (including phenoxy) is 1. The molecule has 0 aliphatic heterocycles. The molecule has 2 aromatic carbocycles. The Hall–Kier alpha value is -1.76. The van der Waals surface area contributed by atoms with Gasteiger partial charge < -0.3 is 4.74 Å². The Kier molecular flexibility index (Phi) is 6.32. The van der Waals surface area contributed by atoms with E-state index in [2.05, 4.69) is 9.93 Å². The van der Waals surface area contributed by atoms with E-state index in [1.807, 2.05) is 20.8 Å². The third-order valence-electron chi connectivity index (χ3n) is 3.48. The van der Waals surface area contributed by atoms with Crippen molar-refractivity contribution in [1.29, 1.82) is 0 Å². The lowest BCUT2D eigenvalue weighted by Crippen LogP contribution is -2.18. The number of nitrogens with one attached hydrogen (secondary N) is 1. The summed E-state index contributed by atoms with van der Waals surface area (Å²) in [5.41, 5.74) is 2.44. The number of nitrogens with zero attached hydrogens (tertiary/aromatic N) is 1. The molecule has 0 radical (unpaired) electrons. The van der Waals surface area contributed by atoms with Gasteiger partial charge in [0, 0.05) is 0 Å². The van der Waals surface area contributed by atoms with Crippen molar-refractivity contribution < 1.29 is 13.2 Å². The first-order valence-electron chi connectivity index (χ1n) is 7.48. The molecule has 0 saturated heterocycles. The van der Waals surface area contributed by atoms with Gasteiger partial charge in [0.2, 0.25) is 0 Å². The lowest BCUT2D eigenvalue weighted by molar-refractivity contribution is 0.340. The molecule has 2 aromatic rings. The van der Waals surface area contributed by atoms with Gasteiger partial charge in [-0.25, -0.2) is 4.83 Å². The van der Waals surface area contributed by atoms with Crippen LogP contribution in [0.3, 0.4) is 0 Å². The third kappa shape index (κ3) is 4.87. The first-order valence-corrected chi connectivity index (χ1v) is 9.72. The lowest BCUT2D eigenvalue weighted by Gasteiger charge is -2.09. The molecular weight excluding hydrogens is 383 g/mol. The van der Waals surface area contributed by atoms with E-state index in [0.717, 1.165) is 11.1 Å². The molecule has 0 aliphatic carbocycles. The number of halogens is 2. The summed E-state index contributed by atoms with van der Waals surface area (Å²) in [6.07, 6.45) is 1.33. The predicted octanol–water partition coefficient (Wildman–Crippen LogP) is 4.32. The second-order valence-electron chi connectivity index (χ2n) is 5.35. The molecule has 0 unspecified atom stereocenters. The van der Waals surface area contributed by atoms with E-state index in [1.54, 1.807) is 24.3 Å². The zero-order valence-electron chi connectivity index (χ0n) is 14.0. The van der Waals surface area contributed by atoms with Gasteiger partial charge in [-0.3, -0.25) is 0 Å². The fraction of sp³-hybridized carbons (Fsp3) is 0.235. The van der Waals surface area contributed by atoms with Crippen molar-refractivity contribution >= 4 is 39.4 Å². The first kappa shape index (κ1) is 19.6. The average molecular weight is 401 g/mol. The Morgan fingerprint density at radius 1 is 1.12 bits per heavy atom. The molecule has 1 N–H and O–H groups in total. The van der Waals surface area contributed by atoms with Crippen molar-refractivity contribution in [3.05, 3.63) is 57.1 Å². The van der Waals surface area contributed by atoms with Crippen molar-refractivity contribution in [2.45, 2.75) is 25.7 Å². The fourth-order valence-corrected chi connectivity index (χ4v) is 3.53. The predicted molar refractivity (Wildman–Crippen MR) is 101 cm³/mol. The van der Waals surface area contributed by atoms with E-state index in [4.69, 9.17) is 27.9 Å². The Morgan fingerprint density at radius 3 is 2.32 bits per heavy atom. The third-order valence-corrected chi connectivity index (χ3v) is 5.27. The van der Waals surface area contributed by atoms with E-state index in [9.17, 15) is 8.42 Å². The van der Waals surface area contributed by atoms with Crippen LogP contribution in [0.15, 0.2) is 40.3 Å². The number of aryl methyl sites for hydroxylation is 2. The van der Waals surface area contributed by atoms with Gasteiger partial charge in [-0.15, -0.1) is 0 Å². The van der Waals surface area contributed by atoms with Crippen molar-refractivity contribution in [3.8, 4) is 5.75 Å². The molecule has 0 fully saturated rings. The second kappa shape index (κ2) is 8.08. The highest BCUT2D eigenvalue weighted by molar-refractivity contribution is 7.89. The Balaban J connectivity index is 2.18. The van der Waals surface area contributed by atoms with E-state index >= 15 is 0 Å². The molecule has 134 valence electrons. The van der Waals surface area contributed by atoms with Crippen molar-refractivity contribution in [1.82, 2.24) is 4.83 Å². The molecule has 0 aliphatic rings. The number of hydrazone groups is 1. The fourth-order valence-electron chi connectivity index (χ4n) is 2.04. The van der Waals surface area contributed by atoms with Crippen LogP contribution in [-0.4, -0.2) is 21.2 Å². The monoisotopic (exact) mass is 400 g/mol. The van der Waals surface area contributed by atoms with Gasteiger partial charge in [0.1, 0.15) is 0 Å². The molecule has 5 nitrogen and oxygen atoms in total. The van der Waals surface area contributed by atoms with Crippen LogP contribution < -0.4 is 9.57 Å². The SMILES string of the molecule is CCOc1c(Cl)cc(/C=N/NS(=O)(=O)c2ccc(C)c(C)c2)cc1Cl. The summed E-state index contributed by atoms with van der Waals surface area (Å²) in [4.78, 5) is 2.32. The van der Waals surface area contributed by atoms with E-state index in [-0.39, 0.29) is 4.90 Å². The minimum atomic E-state index is -3.75. The van der Waals surface area contributed by atoms with Crippen LogP contribution in [0.1, 0.15) is 23.6 Å². The molecular formula is C17H18Cl2N2O3S. The van der Waals surface area contributed by atoms with Gasteiger partial charge in [-0.2, -0.15) is 13.5 Å². The Labute approximate surface area is 157 Å². The van der Waals surface area contributed by atoms with Gasteiger partial charge >= 0.3 is 0 Å². The minimum Gasteiger partial charge on any atom is -0.491 e. The molecule has 0 bridgehead atoms. The van der Waals surface area contributed by atoms with Crippen LogP contribution in [0.5, 0.6) is 5.75 Å². The average Bonchev–Trinajstić information content (AvgIpc) is 2.53. The highest BCUT2D eigenvalue weighted by Gasteiger charge is 2.13. The molecule has 8 heteroatoms. The number of benzene rings is 2. The molecule has 0 amide bonds. The van der Waals surface area contributed by atoms with Crippen molar-refractivity contribution in [3.63, 3.8) is 0 Å². The second-order valence-corrected chi connectivity index (χ2v) is 7.82. The molecule has 2 rings (SSSR count). The van der Waals surface area contributed by atoms with Crippen molar-refractivity contribution in [2.75, 3.05) is 6.61 Å². The van der Waals surface area contributed by atoms with E-state index < -0.39 is 10.0 Å². The summed E-state index contributed by atoms with van der Waals surface area (Å²) in [6, 6.07) is 8.06. The minimum absolute atomic E-state index is 0.149. The van der Waals surface area contributed by atoms with Gasteiger partial charge in [0.25, 0.3) is 10.0 Å². The quantitative estimate of drug-likeness (QED) is 0.579. The van der Waals surface area contributed by atoms with Gasteiger partial charge in [-0.1, -0.05) is 29.3 Å². The van der Waals surface area contributed by atoms with Crippen molar-refractivity contribution in [2.24, 2.45) is 5.10 Å². The zero-order valence-corrected chi connectivity index (χ0v) is 16.3. The van der Waals surface area contributed by atoms with Gasteiger partial charge in [0.15, 0.2) is 5.75 Å². The van der Waals surface area contributed by atoms with E-state index in [1.165, 1.54) is 12.3 Å². The summed E-state index contributed by atoms with van der Waals surface area (Å²) in [5.74, 6) is 0.388. The standard InChI is InChI=1S/C17H18Cl2N2O3S/c1-4-24-17-15(18)8-13(9-16(17)19)10-20-21-25(22,23)14-6-5-11(2)12(3)7-14/h5-10,21H,4H2,1-3H3/b20-10+. The maximum absolute atomic E-state index is 12.3. The maximum Gasteiger partial charge on any atom is 0.276 e. The van der Waals surface area contributed by atoms with Crippen LogP contribution in [0, 0.1) is 13.8 Å². The number of hydrogen-bond acceptors (Lipinski definition) is 4. The number of sulfonamides is 1. The summed E-state index contributed by atoms with van der Waals surface area (Å²) in [7, 11) is -3.75. The maximum atomic E-state index is 12.3. The summed E-state index contributed by atoms with van der Waals surface area (Å²) < 4.78 is 29.9. The van der Waals surface area contributed by atoms with E-state index in [0.29, 0.717) is 28.0 Å². The van der Waals surface area contributed by atoms with Crippen LogP contribution in [-0.2, 0) is 10.0 Å². The van der Waals surface area contributed by atoms with Crippen LogP contribution in [0.2, 0.25) is 10.0 Å². The number of hydrogen-bond donors (Lipinski definition) is 1. The molecule has 0 heterocycles. The Morgan fingerprint density at radius 2 is 1.76 bits per heavy atom. The first-order chi connectivity index (χ1) is 11.7. The summed E-state index contributed by atoms with van der Waals surface area (Å²) >= 11 is 12.2. The molecule has 0 saturated carbocycles. The number of rotatable bonds is 6. The highest BCUT2D eigenvalue weighted by atomic mass is 35.5. The largest absolute Gasteiger partial charge is 0.491 e. The topological polar surface area (TPSA) is 67.8 Å². The molecule has 0 atom stereocenters. The molecule has 25 heavy (non-hydrogen) atoms. The van der Waals surface area contributed by atoms with Crippen LogP contribution in [0.4, 0.5) is 0 Å². The van der Waals surface area contributed by atoms with Gasteiger partial charge in [0.05, 0.1) is 27.8 Å². The Bertz CT molecular complexity index is 889. The summed E-state index contributed by atoms with van der Waals surface area (Å²) in [5, 5.41) is 4.43. The summed E-state index contributed by atoms with van der Waals surface area (Å²) in [6.45, 7) is 6.02. The smallest absolute Gasteiger partial charge is 0.276 e. The van der Waals surface area contributed by atoms with Crippen LogP contribution in [0.25, 0.3) is 0 Å². The highest BCUT2D eigenvalue weighted by Crippen LogP contribution is 2.33. The molecule has 0 spiro atoms. The molecule has 0 aromatic heterocycles. The van der Waals surface area contributed by atoms with Crippen LogP contribution >= 0.6 is 23.2 Å². The normalized spacial score (nSPS) is 11.7. The lowest BCUT2D eigenvalue weighted by atomic mass is 10.1.